The van der Waals surface area contributed by atoms with Crippen LogP contribution in [0, 0.1) is 6.92 Å². The predicted octanol–water partition coefficient (Wildman–Crippen LogP) is 4.16. The Morgan fingerprint density at radius 2 is 1.89 bits per heavy atom. The monoisotopic (exact) mass is 398 g/mol. The van der Waals surface area contributed by atoms with Crippen molar-refractivity contribution in [3.63, 3.8) is 0 Å². The van der Waals surface area contributed by atoms with E-state index in [0.29, 0.717) is 16.5 Å². The molecule has 0 saturated carbocycles. The van der Waals surface area contributed by atoms with Gasteiger partial charge >= 0.3 is 0 Å². The van der Waals surface area contributed by atoms with Crippen LogP contribution in [0.2, 0.25) is 5.02 Å². The fourth-order valence-corrected chi connectivity index (χ4v) is 3.96. The van der Waals surface area contributed by atoms with Crippen molar-refractivity contribution in [2.75, 3.05) is 4.72 Å². The van der Waals surface area contributed by atoms with E-state index >= 15 is 0 Å². The van der Waals surface area contributed by atoms with Crippen LogP contribution in [0.15, 0.2) is 72.0 Å². The van der Waals surface area contributed by atoms with Gasteiger partial charge < -0.3 is 0 Å². The van der Waals surface area contributed by atoms with Crippen LogP contribution in [0.3, 0.4) is 0 Å². The number of halogens is 1. The molecule has 8 heteroatoms. The fraction of sp³-hybridized carbons (Fsp3) is 0.0526. The molecule has 0 aliphatic carbocycles. The molecule has 0 aliphatic rings. The second-order valence-corrected chi connectivity index (χ2v) is 8.14. The number of aryl methyl sites for hydroxylation is 1. The molecule has 0 radical (unpaired) electrons. The van der Waals surface area contributed by atoms with Crippen LogP contribution >= 0.6 is 11.6 Å². The summed E-state index contributed by atoms with van der Waals surface area (Å²) in [4.78, 5) is 8.76. The van der Waals surface area contributed by atoms with Gasteiger partial charge in [-0.1, -0.05) is 29.8 Å². The quantitative estimate of drug-likeness (QED) is 0.560. The van der Waals surface area contributed by atoms with Crippen LogP contribution in [-0.4, -0.2) is 22.8 Å². The van der Waals surface area contributed by atoms with E-state index in [2.05, 4.69) is 14.7 Å². The van der Waals surface area contributed by atoms with Crippen LogP contribution in [0.25, 0.3) is 17.0 Å². The summed E-state index contributed by atoms with van der Waals surface area (Å²) in [6, 6.07) is 13.5. The average Bonchev–Trinajstić information content (AvgIpc) is 3.08. The first kappa shape index (κ1) is 17.5. The number of benzene rings is 2. The number of hydrogen-bond acceptors (Lipinski definition) is 4. The van der Waals surface area contributed by atoms with Crippen molar-refractivity contribution in [1.82, 2.24) is 14.4 Å². The third kappa shape index (κ3) is 3.51. The highest BCUT2D eigenvalue weighted by Gasteiger charge is 2.15. The van der Waals surface area contributed by atoms with E-state index in [9.17, 15) is 8.42 Å². The first-order valence-electron chi connectivity index (χ1n) is 8.11. The Morgan fingerprint density at radius 1 is 1.11 bits per heavy atom. The molecule has 0 unspecified atom stereocenters. The molecule has 0 aliphatic heterocycles. The Balaban J connectivity index is 1.59. The minimum absolute atomic E-state index is 0.119. The summed E-state index contributed by atoms with van der Waals surface area (Å²) < 4.78 is 29.5. The molecule has 4 rings (SSSR count). The number of sulfonamides is 1. The zero-order valence-corrected chi connectivity index (χ0v) is 15.9. The van der Waals surface area contributed by atoms with Gasteiger partial charge in [-0.05, 0) is 42.8 Å². The van der Waals surface area contributed by atoms with Crippen molar-refractivity contribution in [3.05, 3.63) is 77.7 Å². The third-order valence-electron chi connectivity index (χ3n) is 4.12. The van der Waals surface area contributed by atoms with Crippen molar-refractivity contribution >= 4 is 33.1 Å². The first-order chi connectivity index (χ1) is 12.9. The number of aromatic nitrogens is 3. The Bertz CT molecular complexity index is 1200. The summed E-state index contributed by atoms with van der Waals surface area (Å²) >= 11 is 6.04. The molecule has 0 bridgehead atoms. The zero-order chi connectivity index (χ0) is 19.0. The van der Waals surface area contributed by atoms with Crippen LogP contribution in [0.4, 0.5) is 5.69 Å². The lowest BCUT2D eigenvalue weighted by Gasteiger charge is -2.09. The molecule has 0 saturated heterocycles. The first-order valence-corrected chi connectivity index (χ1v) is 9.98. The van der Waals surface area contributed by atoms with E-state index < -0.39 is 10.0 Å². The Morgan fingerprint density at radius 3 is 2.59 bits per heavy atom. The van der Waals surface area contributed by atoms with Gasteiger partial charge in [0.05, 0.1) is 10.6 Å². The van der Waals surface area contributed by atoms with E-state index in [1.54, 1.807) is 24.4 Å². The maximum Gasteiger partial charge on any atom is 0.261 e. The van der Waals surface area contributed by atoms with Crippen LogP contribution < -0.4 is 4.72 Å². The van der Waals surface area contributed by atoms with E-state index in [0.717, 1.165) is 16.8 Å². The summed E-state index contributed by atoms with van der Waals surface area (Å²) in [5.74, 6) is 0.605. The highest BCUT2D eigenvalue weighted by molar-refractivity contribution is 7.92. The normalized spacial score (nSPS) is 11.6. The van der Waals surface area contributed by atoms with Gasteiger partial charge in [-0.2, -0.15) is 0 Å². The number of hydrogen-bond donors (Lipinski definition) is 1. The number of imidazole rings is 1. The van der Waals surface area contributed by atoms with Gasteiger partial charge in [0.2, 0.25) is 5.78 Å². The number of nitrogens with one attached hydrogen (secondary N) is 1. The second-order valence-electron chi connectivity index (χ2n) is 6.05. The molecule has 2 heterocycles. The molecule has 0 amide bonds. The molecule has 0 atom stereocenters. The molecule has 4 aromatic rings. The summed E-state index contributed by atoms with van der Waals surface area (Å²) in [5, 5.41) is 0.411. The molecule has 136 valence electrons. The van der Waals surface area contributed by atoms with Crippen molar-refractivity contribution < 1.29 is 8.42 Å². The minimum Gasteiger partial charge on any atom is -0.291 e. The molecule has 2 aromatic heterocycles. The SMILES string of the molecule is Cc1ccc(S(=O)(=O)Nc2ccc(-c3cn4cccnc4n3)cc2)cc1Cl. The van der Waals surface area contributed by atoms with Gasteiger partial charge in [0.25, 0.3) is 10.0 Å². The van der Waals surface area contributed by atoms with Crippen molar-refractivity contribution in [1.29, 1.82) is 0 Å². The second kappa shape index (κ2) is 6.68. The summed E-state index contributed by atoms with van der Waals surface area (Å²) in [7, 11) is -3.71. The Kier molecular flexibility index (Phi) is 4.33. The van der Waals surface area contributed by atoms with Crippen molar-refractivity contribution in [3.8, 4) is 11.3 Å². The lowest BCUT2D eigenvalue weighted by molar-refractivity contribution is 0.601. The molecular formula is C19H15ClN4O2S. The molecule has 2 aromatic carbocycles. The Hall–Kier alpha value is -2.90. The predicted molar refractivity (Wildman–Crippen MR) is 105 cm³/mol. The summed E-state index contributed by atoms with van der Waals surface area (Å²) in [5.41, 5.74) is 2.90. The number of nitrogens with zero attached hydrogens (tertiary/aromatic N) is 3. The Labute approximate surface area is 161 Å². The summed E-state index contributed by atoms with van der Waals surface area (Å²) in [6.45, 7) is 1.82. The third-order valence-corrected chi connectivity index (χ3v) is 5.91. The highest BCUT2D eigenvalue weighted by Crippen LogP contribution is 2.24. The maximum absolute atomic E-state index is 12.5. The molecular weight excluding hydrogens is 384 g/mol. The fourth-order valence-electron chi connectivity index (χ4n) is 2.63. The molecule has 27 heavy (non-hydrogen) atoms. The minimum atomic E-state index is -3.71. The van der Waals surface area contributed by atoms with Gasteiger partial charge in [-0.15, -0.1) is 0 Å². The van der Waals surface area contributed by atoms with E-state index in [4.69, 9.17) is 11.6 Å². The maximum atomic E-state index is 12.5. The molecule has 0 fully saturated rings. The van der Waals surface area contributed by atoms with E-state index in [1.807, 2.05) is 41.9 Å². The average molecular weight is 399 g/mol. The topological polar surface area (TPSA) is 76.4 Å². The van der Waals surface area contributed by atoms with Crippen molar-refractivity contribution in [2.45, 2.75) is 11.8 Å². The van der Waals surface area contributed by atoms with Crippen molar-refractivity contribution in [2.24, 2.45) is 0 Å². The molecule has 6 nitrogen and oxygen atoms in total. The van der Waals surface area contributed by atoms with E-state index in [-0.39, 0.29) is 4.90 Å². The van der Waals surface area contributed by atoms with Crippen LogP contribution in [-0.2, 0) is 10.0 Å². The summed E-state index contributed by atoms with van der Waals surface area (Å²) in [6.07, 6.45) is 5.42. The molecule has 0 spiro atoms. The van der Waals surface area contributed by atoms with Crippen LogP contribution in [0.1, 0.15) is 5.56 Å². The standard InChI is InChI=1S/C19H15ClN4O2S/c1-13-3-8-16(11-17(13)20)27(25,26)23-15-6-4-14(5-7-15)18-12-24-10-2-9-21-19(24)22-18/h2-12,23H,1H3. The zero-order valence-electron chi connectivity index (χ0n) is 14.3. The van der Waals surface area contributed by atoms with Gasteiger partial charge in [0, 0.05) is 34.9 Å². The smallest absolute Gasteiger partial charge is 0.261 e. The number of fused-ring (bicyclic) bond motifs is 1. The number of rotatable bonds is 4. The van der Waals surface area contributed by atoms with Gasteiger partial charge in [0.15, 0.2) is 0 Å². The van der Waals surface area contributed by atoms with Gasteiger partial charge in [-0.25, -0.2) is 18.4 Å². The van der Waals surface area contributed by atoms with E-state index in [1.165, 1.54) is 12.1 Å². The number of anilines is 1. The molecule has 1 N–H and O–H groups in total. The van der Waals surface area contributed by atoms with Gasteiger partial charge in [0.1, 0.15) is 0 Å². The largest absolute Gasteiger partial charge is 0.291 e. The lowest BCUT2D eigenvalue weighted by Crippen LogP contribution is -2.12. The van der Waals surface area contributed by atoms with Gasteiger partial charge in [-0.3, -0.25) is 9.12 Å². The lowest BCUT2D eigenvalue weighted by atomic mass is 10.1. The van der Waals surface area contributed by atoms with Crippen LogP contribution in [0.5, 0.6) is 0 Å². The highest BCUT2D eigenvalue weighted by atomic mass is 35.5.